The Morgan fingerprint density at radius 1 is 1.07 bits per heavy atom. The van der Waals surface area contributed by atoms with E-state index in [9.17, 15) is 0 Å². The molecule has 2 rings (SSSR count). The minimum Gasteiger partial charge on any atom is -0.363 e. The summed E-state index contributed by atoms with van der Waals surface area (Å²) in [4.78, 5) is 0. The van der Waals surface area contributed by atoms with E-state index in [1.165, 1.54) is 11.8 Å². The molecule has 1 N–H and O–H groups in total. The third-order valence-corrected chi connectivity index (χ3v) is 1.74. The van der Waals surface area contributed by atoms with Crippen molar-refractivity contribution in [3.05, 3.63) is 42.1 Å². The van der Waals surface area contributed by atoms with Gasteiger partial charge < -0.3 is 5.32 Å². The van der Waals surface area contributed by atoms with Gasteiger partial charge in [-0.3, -0.25) is 0 Å². The molecule has 2 aromatic rings. The van der Waals surface area contributed by atoms with Crippen LogP contribution in [-0.4, -0.2) is 20.6 Å². The van der Waals surface area contributed by atoms with Crippen LogP contribution in [0.1, 0.15) is 5.56 Å². The van der Waals surface area contributed by atoms with Crippen LogP contribution in [0.5, 0.6) is 0 Å². The van der Waals surface area contributed by atoms with Crippen LogP contribution in [0.3, 0.4) is 0 Å². The summed E-state index contributed by atoms with van der Waals surface area (Å²) in [5.41, 5.74) is 1.19. The predicted octanol–water partition coefficient (Wildman–Crippen LogP) is 1.30. The molecule has 0 aliphatic heterocycles. The van der Waals surface area contributed by atoms with E-state index in [0.29, 0.717) is 12.4 Å². The molecule has 78 valence electrons. The zero-order valence-corrected chi connectivity index (χ0v) is 8.68. The highest BCUT2D eigenvalue weighted by molar-refractivity contribution is 5.85. The topological polar surface area (TPSA) is 63.6 Å². The number of aromatic nitrogens is 4. The van der Waals surface area contributed by atoms with Gasteiger partial charge in [-0.1, -0.05) is 30.3 Å². The van der Waals surface area contributed by atoms with Crippen LogP contribution < -0.4 is 5.32 Å². The zero-order chi connectivity index (χ0) is 9.64. The first-order chi connectivity index (χ1) is 6.95. The van der Waals surface area contributed by atoms with E-state index in [-0.39, 0.29) is 12.4 Å². The van der Waals surface area contributed by atoms with Gasteiger partial charge >= 0.3 is 0 Å². The summed E-state index contributed by atoms with van der Waals surface area (Å²) in [7, 11) is 0. The molecule has 0 aliphatic carbocycles. The molecule has 0 unspecified atom stereocenters. The van der Waals surface area contributed by atoms with E-state index in [4.69, 9.17) is 0 Å². The second kappa shape index (κ2) is 5.87. The van der Waals surface area contributed by atoms with Crippen molar-refractivity contribution in [1.82, 2.24) is 20.6 Å². The minimum absolute atomic E-state index is 0. The second-order valence-electron chi connectivity index (χ2n) is 2.75. The van der Waals surface area contributed by atoms with Crippen LogP contribution in [0, 0.1) is 0 Å². The molecule has 0 fully saturated rings. The smallest absolute Gasteiger partial charge is 0.171 e. The molecule has 0 spiro atoms. The number of nitrogens with zero attached hydrogens (tertiary/aromatic N) is 4. The number of rotatable bonds is 3. The Kier molecular flexibility index (Phi) is 4.43. The van der Waals surface area contributed by atoms with Crippen molar-refractivity contribution in [2.45, 2.75) is 6.54 Å². The molecule has 0 saturated heterocycles. The van der Waals surface area contributed by atoms with Crippen LogP contribution in [0.25, 0.3) is 0 Å². The summed E-state index contributed by atoms with van der Waals surface area (Å²) >= 11 is 0. The van der Waals surface area contributed by atoms with Gasteiger partial charge in [0.2, 0.25) is 0 Å². The summed E-state index contributed by atoms with van der Waals surface area (Å²) in [6, 6.07) is 10.0. The molecule has 0 bridgehead atoms. The molecule has 0 atom stereocenters. The minimum atomic E-state index is 0. The lowest BCUT2D eigenvalue weighted by Crippen LogP contribution is -2.03. The number of nitrogens with one attached hydrogen (secondary N) is 1. The third-order valence-electron chi connectivity index (χ3n) is 1.74. The molecule has 6 heteroatoms. The third kappa shape index (κ3) is 3.47. The van der Waals surface area contributed by atoms with Crippen molar-refractivity contribution in [2.24, 2.45) is 0 Å². The number of halogens is 1. The van der Waals surface area contributed by atoms with Gasteiger partial charge in [-0.25, -0.2) is 0 Å². The Morgan fingerprint density at radius 2 is 1.87 bits per heavy atom. The van der Waals surface area contributed by atoms with Crippen molar-refractivity contribution < 1.29 is 0 Å². The largest absolute Gasteiger partial charge is 0.363 e. The molecule has 1 aromatic heterocycles. The van der Waals surface area contributed by atoms with Crippen LogP contribution in [0.2, 0.25) is 0 Å². The van der Waals surface area contributed by atoms with Gasteiger partial charge in [0.25, 0.3) is 0 Å². The van der Waals surface area contributed by atoms with Gasteiger partial charge in [-0.2, -0.15) is 0 Å². The summed E-state index contributed by atoms with van der Waals surface area (Å²) in [6.45, 7) is 0.710. The Labute approximate surface area is 93.3 Å². The normalized spacial score (nSPS) is 9.07. The maximum atomic E-state index is 3.76. The highest BCUT2D eigenvalue weighted by atomic mass is 35.5. The first kappa shape index (κ1) is 11.3. The first-order valence-corrected chi connectivity index (χ1v) is 4.24. The van der Waals surface area contributed by atoms with Gasteiger partial charge in [-0.15, -0.1) is 22.6 Å². The lowest BCUT2D eigenvalue weighted by molar-refractivity contribution is 0.762. The van der Waals surface area contributed by atoms with Crippen molar-refractivity contribution in [1.29, 1.82) is 0 Å². The highest BCUT2D eigenvalue weighted by Crippen LogP contribution is 2.02. The molecule has 0 radical (unpaired) electrons. The van der Waals surface area contributed by atoms with Gasteiger partial charge in [0, 0.05) is 6.54 Å². The van der Waals surface area contributed by atoms with Crippen LogP contribution >= 0.6 is 12.4 Å². The Hall–Kier alpha value is -1.75. The average molecular weight is 224 g/mol. The SMILES string of the molecule is Cl.c1ccc(CNc2cnnnn2)cc1. The van der Waals surface area contributed by atoms with E-state index < -0.39 is 0 Å². The molecule has 5 nitrogen and oxygen atoms in total. The molecule has 1 heterocycles. The summed E-state index contributed by atoms with van der Waals surface area (Å²) in [6.07, 6.45) is 1.54. The molecular formula is C9H10ClN5. The molecule has 0 amide bonds. The lowest BCUT2D eigenvalue weighted by atomic mass is 10.2. The quantitative estimate of drug-likeness (QED) is 0.850. The Bertz CT molecular complexity index is 341. The molecule has 15 heavy (non-hydrogen) atoms. The molecule has 0 aliphatic rings. The standard InChI is InChI=1S/C9H9N5.ClH/c1-2-4-8(5-3-1)6-10-9-7-11-13-14-12-9;/h1-5,7H,6H2,(H,10,12,13);1H. The molecular weight excluding hydrogens is 214 g/mol. The van der Waals surface area contributed by atoms with Crippen molar-refractivity contribution in [2.75, 3.05) is 5.32 Å². The van der Waals surface area contributed by atoms with E-state index in [1.54, 1.807) is 0 Å². The fourth-order valence-corrected chi connectivity index (χ4v) is 1.07. The fraction of sp³-hybridized carbons (Fsp3) is 0.111. The highest BCUT2D eigenvalue weighted by Gasteiger charge is 1.93. The van der Waals surface area contributed by atoms with Crippen LogP contribution in [-0.2, 0) is 6.54 Å². The molecule has 1 aromatic carbocycles. The van der Waals surface area contributed by atoms with E-state index in [1.807, 2.05) is 30.3 Å². The van der Waals surface area contributed by atoms with Crippen LogP contribution in [0.4, 0.5) is 5.82 Å². The average Bonchev–Trinajstić information content (AvgIpc) is 2.29. The monoisotopic (exact) mass is 223 g/mol. The number of benzene rings is 1. The second-order valence-corrected chi connectivity index (χ2v) is 2.75. The molecule has 0 saturated carbocycles. The fourth-order valence-electron chi connectivity index (χ4n) is 1.07. The Balaban J connectivity index is 0.00000112. The van der Waals surface area contributed by atoms with E-state index >= 15 is 0 Å². The van der Waals surface area contributed by atoms with Gasteiger partial charge in [0.1, 0.15) is 0 Å². The van der Waals surface area contributed by atoms with Gasteiger partial charge in [0.05, 0.1) is 6.20 Å². The number of anilines is 1. The summed E-state index contributed by atoms with van der Waals surface area (Å²) in [5, 5.41) is 17.2. The summed E-state index contributed by atoms with van der Waals surface area (Å²) < 4.78 is 0. The lowest BCUT2D eigenvalue weighted by Gasteiger charge is -2.02. The maximum absolute atomic E-state index is 3.76. The van der Waals surface area contributed by atoms with Crippen molar-refractivity contribution in [3.63, 3.8) is 0 Å². The van der Waals surface area contributed by atoms with E-state index in [0.717, 1.165) is 0 Å². The number of hydrogen-bond donors (Lipinski definition) is 1. The summed E-state index contributed by atoms with van der Waals surface area (Å²) in [5.74, 6) is 0.629. The number of hydrogen-bond acceptors (Lipinski definition) is 5. The zero-order valence-electron chi connectivity index (χ0n) is 7.87. The van der Waals surface area contributed by atoms with Crippen LogP contribution in [0.15, 0.2) is 36.5 Å². The van der Waals surface area contributed by atoms with Crippen molar-refractivity contribution in [3.8, 4) is 0 Å². The van der Waals surface area contributed by atoms with Gasteiger partial charge in [0.15, 0.2) is 5.82 Å². The van der Waals surface area contributed by atoms with Crippen molar-refractivity contribution >= 4 is 18.2 Å². The first-order valence-electron chi connectivity index (χ1n) is 4.24. The Morgan fingerprint density at radius 3 is 2.53 bits per heavy atom. The predicted molar refractivity (Wildman–Crippen MR) is 58.6 cm³/mol. The van der Waals surface area contributed by atoms with Gasteiger partial charge in [-0.05, 0) is 16.0 Å². The van der Waals surface area contributed by atoms with E-state index in [2.05, 4.69) is 25.9 Å². The maximum Gasteiger partial charge on any atom is 0.171 e.